The highest BCUT2D eigenvalue weighted by Crippen LogP contribution is 2.30. The van der Waals surface area contributed by atoms with Crippen LogP contribution in [0.5, 0.6) is 0 Å². The Balaban J connectivity index is 2.38. The second-order valence-electron chi connectivity index (χ2n) is 4.13. The lowest BCUT2D eigenvalue weighted by atomic mass is 9.80. The molecule has 0 radical (unpaired) electrons. The van der Waals surface area contributed by atoms with Crippen molar-refractivity contribution in [1.82, 2.24) is 4.90 Å². The molecule has 0 aromatic carbocycles. The summed E-state index contributed by atoms with van der Waals surface area (Å²) in [5.41, 5.74) is 0.438. The van der Waals surface area contributed by atoms with Gasteiger partial charge in [-0.2, -0.15) is 0 Å². The first-order valence-corrected chi connectivity index (χ1v) is 4.85. The van der Waals surface area contributed by atoms with Gasteiger partial charge in [0.25, 0.3) is 0 Å². The van der Waals surface area contributed by atoms with Crippen molar-refractivity contribution in [2.45, 2.75) is 26.7 Å². The van der Waals surface area contributed by atoms with Crippen LogP contribution in [0.25, 0.3) is 0 Å². The standard InChI is InChI=1S/C10H20N2/c1-4-12-7-5-10(2,6-8-12)9-11-3/h3-9H2,1-2H3. The van der Waals surface area contributed by atoms with E-state index < -0.39 is 0 Å². The second kappa shape index (κ2) is 4.04. The monoisotopic (exact) mass is 168 g/mol. The van der Waals surface area contributed by atoms with E-state index >= 15 is 0 Å². The minimum atomic E-state index is 0.438. The van der Waals surface area contributed by atoms with Gasteiger partial charge in [0, 0.05) is 6.54 Å². The third kappa shape index (κ3) is 2.31. The van der Waals surface area contributed by atoms with Gasteiger partial charge in [-0.05, 0) is 44.6 Å². The molecule has 0 aliphatic carbocycles. The summed E-state index contributed by atoms with van der Waals surface area (Å²) in [6.07, 6.45) is 2.56. The minimum Gasteiger partial charge on any atom is -0.304 e. The minimum absolute atomic E-state index is 0.438. The molecule has 0 aromatic heterocycles. The van der Waals surface area contributed by atoms with Crippen LogP contribution in [0.15, 0.2) is 4.99 Å². The molecule has 1 saturated heterocycles. The molecule has 2 heteroatoms. The van der Waals surface area contributed by atoms with Crippen LogP contribution in [-0.2, 0) is 0 Å². The molecule has 0 N–H and O–H groups in total. The first-order chi connectivity index (χ1) is 5.70. The number of nitrogens with zero attached hydrogens (tertiary/aromatic N) is 2. The van der Waals surface area contributed by atoms with Crippen molar-refractivity contribution in [2.24, 2.45) is 10.4 Å². The molecule has 12 heavy (non-hydrogen) atoms. The zero-order valence-corrected chi connectivity index (χ0v) is 8.34. The van der Waals surface area contributed by atoms with E-state index in [2.05, 4.69) is 30.5 Å². The molecule has 0 unspecified atom stereocenters. The van der Waals surface area contributed by atoms with Crippen LogP contribution in [0, 0.1) is 5.41 Å². The fourth-order valence-electron chi connectivity index (χ4n) is 1.84. The topological polar surface area (TPSA) is 15.6 Å². The Hall–Kier alpha value is -0.370. The summed E-state index contributed by atoms with van der Waals surface area (Å²) in [7, 11) is 0. The zero-order valence-electron chi connectivity index (χ0n) is 8.34. The van der Waals surface area contributed by atoms with Gasteiger partial charge in [-0.25, -0.2) is 0 Å². The first kappa shape index (κ1) is 9.72. The maximum atomic E-state index is 4.01. The lowest BCUT2D eigenvalue weighted by Gasteiger charge is -2.37. The Morgan fingerprint density at radius 3 is 2.42 bits per heavy atom. The molecule has 0 atom stereocenters. The molecule has 1 fully saturated rings. The smallest absolute Gasteiger partial charge is 0.0436 e. The zero-order chi connectivity index (χ0) is 9.03. The molecule has 1 heterocycles. The Morgan fingerprint density at radius 1 is 1.42 bits per heavy atom. The van der Waals surface area contributed by atoms with Crippen molar-refractivity contribution in [1.29, 1.82) is 0 Å². The molecule has 1 aliphatic rings. The van der Waals surface area contributed by atoms with Gasteiger partial charge in [0.1, 0.15) is 0 Å². The van der Waals surface area contributed by atoms with E-state index in [4.69, 9.17) is 0 Å². The fraction of sp³-hybridized carbons (Fsp3) is 0.900. The molecular weight excluding hydrogens is 148 g/mol. The van der Waals surface area contributed by atoms with Crippen molar-refractivity contribution in [3.63, 3.8) is 0 Å². The largest absolute Gasteiger partial charge is 0.304 e. The Kier molecular flexibility index (Phi) is 3.27. The molecule has 0 aromatic rings. The molecule has 0 amide bonds. The maximum Gasteiger partial charge on any atom is 0.0436 e. The third-order valence-electron chi connectivity index (χ3n) is 3.00. The van der Waals surface area contributed by atoms with Crippen LogP contribution in [0.3, 0.4) is 0 Å². The first-order valence-electron chi connectivity index (χ1n) is 4.85. The number of aliphatic imine (C=N–C) groups is 1. The summed E-state index contributed by atoms with van der Waals surface area (Å²) in [6, 6.07) is 0. The van der Waals surface area contributed by atoms with Crippen LogP contribution in [0.4, 0.5) is 0 Å². The highest BCUT2D eigenvalue weighted by Gasteiger charge is 2.28. The molecule has 1 aliphatic heterocycles. The summed E-state index contributed by atoms with van der Waals surface area (Å²) >= 11 is 0. The van der Waals surface area contributed by atoms with E-state index in [0.29, 0.717) is 5.41 Å². The average molecular weight is 168 g/mol. The van der Waals surface area contributed by atoms with Crippen molar-refractivity contribution in [2.75, 3.05) is 26.2 Å². The van der Waals surface area contributed by atoms with Gasteiger partial charge in [0.15, 0.2) is 0 Å². The van der Waals surface area contributed by atoms with Crippen LogP contribution in [0.1, 0.15) is 26.7 Å². The number of piperidine rings is 1. The van der Waals surface area contributed by atoms with Crippen molar-refractivity contribution >= 4 is 6.72 Å². The molecular formula is C10H20N2. The lowest BCUT2D eigenvalue weighted by molar-refractivity contribution is 0.130. The van der Waals surface area contributed by atoms with Gasteiger partial charge in [-0.1, -0.05) is 13.8 Å². The van der Waals surface area contributed by atoms with E-state index in [9.17, 15) is 0 Å². The summed E-state index contributed by atoms with van der Waals surface area (Å²) < 4.78 is 0. The fourth-order valence-corrected chi connectivity index (χ4v) is 1.84. The SMILES string of the molecule is C=NCC1(C)CCN(CC)CC1. The Morgan fingerprint density at radius 2 is 2.00 bits per heavy atom. The van der Waals surface area contributed by atoms with Crippen LogP contribution in [-0.4, -0.2) is 37.8 Å². The van der Waals surface area contributed by atoms with Gasteiger partial charge in [-0.15, -0.1) is 0 Å². The van der Waals surface area contributed by atoms with Crippen LogP contribution < -0.4 is 0 Å². The summed E-state index contributed by atoms with van der Waals surface area (Å²) in [6.45, 7) is 12.7. The number of rotatable bonds is 3. The third-order valence-corrected chi connectivity index (χ3v) is 3.00. The highest BCUT2D eigenvalue weighted by molar-refractivity contribution is 5.23. The number of hydrogen-bond donors (Lipinski definition) is 0. The molecule has 2 nitrogen and oxygen atoms in total. The summed E-state index contributed by atoms with van der Waals surface area (Å²) in [5.74, 6) is 0. The maximum absolute atomic E-state index is 4.01. The predicted octanol–water partition coefficient (Wildman–Crippen LogP) is 1.81. The summed E-state index contributed by atoms with van der Waals surface area (Å²) in [5, 5.41) is 0. The Labute approximate surface area is 75.7 Å². The molecule has 0 spiro atoms. The van der Waals surface area contributed by atoms with Crippen LogP contribution >= 0.6 is 0 Å². The normalized spacial score (nSPS) is 23.8. The molecule has 0 saturated carbocycles. The highest BCUT2D eigenvalue weighted by atomic mass is 15.1. The lowest BCUT2D eigenvalue weighted by Crippen LogP contribution is -2.39. The molecule has 70 valence electrons. The van der Waals surface area contributed by atoms with Gasteiger partial charge in [0.2, 0.25) is 0 Å². The Bertz CT molecular complexity index is 146. The van der Waals surface area contributed by atoms with E-state index in [1.165, 1.54) is 32.5 Å². The van der Waals surface area contributed by atoms with E-state index in [0.717, 1.165) is 6.54 Å². The van der Waals surface area contributed by atoms with Gasteiger partial charge in [-0.3, -0.25) is 0 Å². The van der Waals surface area contributed by atoms with Crippen molar-refractivity contribution in [3.05, 3.63) is 0 Å². The quantitative estimate of drug-likeness (QED) is 0.587. The summed E-state index contributed by atoms with van der Waals surface area (Å²) in [4.78, 5) is 6.52. The van der Waals surface area contributed by atoms with Crippen molar-refractivity contribution in [3.8, 4) is 0 Å². The van der Waals surface area contributed by atoms with Crippen LogP contribution in [0.2, 0.25) is 0 Å². The molecule has 1 rings (SSSR count). The van der Waals surface area contributed by atoms with Crippen molar-refractivity contribution < 1.29 is 0 Å². The van der Waals surface area contributed by atoms with Gasteiger partial charge >= 0.3 is 0 Å². The van der Waals surface area contributed by atoms with Gasteiger partial charge < -0.3 is 9.89 Å². The number of likely N-dealkylation sites (tertiary alicyclic amines) is 1. The van der Waals surface area contributed by atoms with E-state index in [1.807, 2.05) is 0 Å². The predicted molar refractivity (Wildman–Crippen MR) is 53.9 cm³/mol. The van der Waals surface area contributed by atoms with E-state index in [-0.39, 0.29) is 0 Å². The van der Waals surface area contributed by atoms with Gasteiger partial charge in [0.05, 0.1) is 0 Å². The molecule has 0 bridgehead atoms. The van der Waals surface area contributed by atoms with E-state index in [1.54, 1.807) is 0 Å². The second-order valence-corrected chi connectivity index (χ2v) is 4.13. The average Bonchev–Trinajstić information content (AvgIpc) is 2.06. The number of hydrogen-bond acceptors (Lipinski definition) is 2.